The van der Waals surface area contributed by atoms with Gasteiger partial charge in [-0.1, -0.05) is 12.1 Å². The minimum absolute atomic E-state index is 0.0262. The first-order chi connectivity index (χ1) is 14.1. The molecule has 5 rings (SSSR count). The largest absolute Gasteiger partial charge is 0.385 e. The average molecular weight is 441 g/mol. The van der Waals surface area contributed by atoms with Crippen LogP contribution in [0.2, 0.25) is 0 Å². The molecule has 1 saturated heterocycles. The molecule has 9 heteroatoms. The van der Waals surface area contributed by atoms with Crippen LogP contribution in [0.4, 0.5) is 10.9 Å². The summed E-state index contributed by atoms with van der Waals surface area (Å²) < 4.78 is 5.06. The number of hydrogen-bond donors (Lipinski definition) is 0. The van der Waals surface area contributed by atoms with Gasteiger partial charge in [0.25, 0.3) is 11.1 Å². The number of para-hydroxylation sites is 1. The van der Waals surface area contributed by atoms with Gasteiger partial charge in [0.15, 0.2) is 5.82 Å². The molecule has 0 unspecified atom stereocenters. The Morgan fingerprint density at radius 3 is 2.83 bits per heavy atom. The highest BCUT2D eigenvalue weighted by Gasteiger charge is 2.38. The Balaban J connectivity index is 1.62. The highest BCUT2D eigenvalue weighted by atomic mass is 32.2. The topological polar surface area (TPSA) is 52.7 Å². The number of anilines is 1. The van der Waals surface area contributed by atoms with Gasteiger partial charge in [-0.25, -0.2) is 9.55 Å². The summed E-state index contributed by atoms with van der Waals surface area (Å²) in [5.74, 6) is 0.861. The standard InChI is InChI=1S/C20H18N5OS3/c1-4-25-18(26)15(17-21-16-14(27-17)10-7-11-23(16)2)29-20(25)22-19-24(3)12-8-5-6-9-13(12)28-19/h5-11H,4H2,1-3H3/q+1. The molecule has 2 aliphatic heterocycles. The predicted molar refractivity (Wildman–Crippen MR) is 122 cm³/mol. The van der Waals surface area contributed by atoms with Gasteiger partial charge in [0.2, 0.25) is 0 Å². The van der Waals surface area contributed by atoms with Gasteiger partial charge in [-0.3, -0.25) is 9.69 Å². The third-order valence-corrected chi connectivity index (χ3v) is 8.14. The number of nitrogens with zero attached hydrogens (tertiary/aromatic N) is 5. The molecule has 146 valence electrons. The maximum Gasteiger partial charge on any atom is 0.385 e. The van der Waals surface area contributed by atoms with Gasteiger partial charge in [0.05, 0.1) is 16.3 Å². The van der Waals surface area contributed by atoms with Crippen molar-refractivity contribution in [3.05, 3.63) is 45.7 Å². The van der Waals surface area contributed by atoms with E-state index < -0.39 is 0 Å². The van der Waals surface area contributed by atoms with Crippen LogP contribution in [-0.4, -0.2) is 34.6 Å². The van der Waals surface area contributed by atoms with Crippen molar-refractivity contribution in [1.82, 2.24) is 9.88 Å². The van der Waals surface area contributed by atoms with E-state index in [9.17, 15) is 4.79 Å². The number of rotatable bonds is 2. The fraction of sp³-hybridized carbons (Fsp3) is 0.200. The molecule has 4 heterocycles. The summed E-state index contributed by atoms with van der Waals surface area (Å²) in [4.78, 5) is 27.0. The number of thiazole rings is 2. The summed E-state index contributed by atoms with van der Waals surface area (Å²) in [5, 5.41) is 1.58. The van der Waals surface area contributed by atoms with Crippen LogP contribution in [0.5, 0.6) is 0 Å². The van der Waals surface area contributed by atoms with Gasteiger partial charge in [-0.15, -0.1) is 11.3 Å². The first-order valence-corrected chi connectivity index (χ1v) is 11.6. The van der Waals surface area contributed by atoms with Crippen molar-refractivity contribution in [1.29, 1.82) is 0 Å². The molecule has 29 heavy (non-hydrogen) atoms. The van der Waals surface area contributed by atoms with Crippen molar-refractivity contribution >= 4 is 77.7 Å². The van der Waals surface area contributed by atoms with Crippen LogP contribution < -0.4 is 18.7 Å². The lowest BCUT2D eigenvalue weighted by Gasteiger charge is -2.11. The number of fused-ring (bicyclic) bond motifs is 2. The number of aromatic nitrogens is 2. The number of allylic oxidation sites excluding steroid dienone is 1. The first kappa shape index (κ1) is 18.5. The molecule has 0 bridgehead atoms. The predicted octanol–water partition coefficient (Wildman–Crippen LogP) is 2.32. The van der Waals surface area contributed by atoms with E-state index in [1.165, 1.54) is 16.5 Å². The lowest BCUT2D eigenvalue weighted by molar-refractivity contribution is -0.627. The number of thioether (sulfide) groups is 1. The molecule has 1 amide bonds. The summed E-state index contributed by atoms with van der Waals surface area (Å²) in [5.41, 5.74) is 1.14. The van der Waals surface area contributed by atoms with E-state index in [-0.39, 0.29) is 5.91 Å². The van der Waals surface area contributed by atoms with Crippen LogP contribution in [0.15, 0.2) is 41.5 Å². The first-order valence-electron chi connectivity index (χ1n) is 9.15. The summed E-state index contributed by atoms with van der Waals surface area (Å²) in [6.45, 7) is 2.54. The monoisotopic (exact) mass is 440 g/mol. The lowest BCUT2D eigenvalue weighted by atomic mass is 10.3. The van der Waals surface area contributed by atoms with Gasteiger partial charge < -0.3 is 4.90 Å². The molecule has 3 aromatic rings. The van der Waals surface area contributed by atoms with Crippen molar-refractivity contribution in [2.24, 2.45) is 12.0 Å². The minimum Gasteiger partial charge on any atom is -0.335 e. The number of amides is 1. The van der Waals surface area contributed by atoms with Crippen LogP contribution in [0.3, 0.4) is 0 Å². The molecule has 0 atom stereocenters. The van der Waals surface area contributed by atoms with Crippen LogP contribution in [0.25, 0.3) is 21.2 Å². The smallest absolute Gasteiger partial charge is 0.335 e. The van der Waals surface area contributed by atoms with Crippen molar-refractivity contribution in [2.45, 2.75) is 6.92 Å². The molecule has 1 fully saturated rings. The Labute approximate surface area is 179 Å². The van der Waals surface area contributed by atoms with Gasteiger partial charge in [0, 0.05) is 19.8 Å². The zero-order chi connectivity index (χ0) is 20.1. The molecular formula is C20H18N5OS3+. The molecule has 2 aromatic heterocycles. The maximum absolute atomic E-state index is 13.1. The number of hydrogen-bond acceptors (Lipinski definition) is 7. The number of amidine groups is 1. The molecular weight excluding hydrogens is 422 g/mol. The van der Waals surface area contributed by atoms with Crippen molar-refractivity contribution in [2.75, 3.05) is 18.5 Å². The second kappa shape index (κ2) is 7.08. The molecule has 0 aliphatic carbocycles. The Hall–Kier alpha value is -2.49. The molecule has 6 nitrogen and oxygen atoms in total. The molecule has 0 spiro atoms. The second-order valence-corrected chi connectivity index (χ2v) is 9.63. The number of aliphatic imine (C=N–C) groups is 1. The number of carbonyl (C=O) groups excluding carboxylic acids is 1. The highest BCUT2D eigenvalue weighted by molar-refractivity contribution is 8.23. The zero-order valence-corrected chi connectivity index (χ0v) is 18.6. The van der Waals surface area contributed by atoms with Crippen LogP contribution >= 0.6 is 34.4 Å². The van der Waals surface area contributed by atoms with Crippen LogP contribution in [-0.2, 0) is 11.8 Å². The third kappa shape index (κ3) is 3.00. The van der Waals surface area contributed by atoms with Crippen molar-refractivity contribution < 1.29 is 9.36 Å². The molecule has 1 aromatic carbocycles. The Bertz CT molecular complexity index is 1330. The van der Waals surface area contributed by atoms with Gasteiger partial charge >= 0.3 is 5.13 Å². The zero-order valence-electron chi connectivity index (χ0n) is 16.1. The van der Waals surface area contributed by atoms with E-state index in [0.29, 0.717) is 16.6 Å². The van der Waals surface area contributed by atoms with E-state index >= 15 is 0 Å². The number of aryl methyl sites for hydroxylation is 1. The van der Waals surface area contributed by atoms with Crippen LogP contribution in [0.1, 0.15) is 6.92 Å². The van der Waals surface area contributed by atoms with E-state index in [0.717, 1.165) is 25.7 Å². The van der Waals surface area contributed by atoms with Gasteiger partial charge in [0.1, 0.15) is 15.1 Å². The Morgan fingerprint density at radius 2 is 2.07 bits per heavy atom. The summed E-state index contributed by atoms with van der Waals surface area (Å²) in [6.07, 6.45) is 5.99. The van der Waals surface area contributed by atoms with E-state index in [1.54, 1.807) is 27.6 Å². The SMILES string of the molecule is CCN1C(=O)C(=c2nc3c(s2)=CC=CN3C)SC1=Nc1sc2ccccc2[n+]1C. The minimum atomic E-state index is -0.0262. The molecule has 0 saturated carbocycles. The summed E-state index contributed by atoms with van der Waals surface area (Å²) in [7, 11) is 3.97. The van der Waals surface area contributed by atoms with E-state index in [1.807, 2.05) is 56.4 Å². The number of carbonyl (C=O) groups is 1. The Morgan fingerprint density at radius 1 is 1.24 bits per heavy atom. The highest BCUT2D eigenvalue weighted by Crippen LogP contribution is 2.34. The summed E-state index contributed by atoms with van der Waals surface area (Å²) in [6, 6.07) is 8.23. The molecule has 0 radical (unpaired) electrons. The maximum atomic E-state index is 13.1. The normalized spacial score (nSPS) is 19.4. The van der Waals surface area contributed by atoms with Crippen LogP contribution in [0, 0.1) is 0 Å². The van der Waals surface area contributed by atoms with Gasteiger partial charge in [-0.05, 0) is 59.3 Å². The quantitative estimate of drug-likeness (QED) is 0.574. The fourth-order valence-corrected chi connectivity index (χ4v) is 6.52. The molecule has 0 N–H and O–H groups in total. The van der Waals surface area contributed by atoms with Crippen molar-refractivity contribution in [3.63, 3.8) is 0 Å². The Kier molecular flexibility index (Phi) is 4.53. The van der Waals surface area contributed by atoms with Crippen molar-refractivity contribution in [3.8, 4) is 0 Å². The summed E-state index contributed by atoms with van der Waals surface area (Å²) >= 11 is 4.59. The number of benzene rings is 1. The average Bonchev–Trinajstić information content (AvgIpc) is 3.37. The fourth-order valence-electron chi connectivity index (χ4n) is 3.28. The second-order valence-electron chi connectivity index (χ2n) is 6.61. The van der Waals surface area contributed by atoms with E-state index in [2.05, 4.69) is 16.7 Å². The molecule has 2 aliphatic rings. The third-order valence-electron chi connectivity index (χ3n) is 4.81. The lowest BCUT2D eigenvalue weighted by Crippen LogP contribution is -2.31. The van der Waals surface area contributed by atoms with E-state index in [4.69, 9.17) is 9.98 Å². The van der Waals surface area contributed by atoms with Gasteiger partial charge in [-0.2, -0.15) is 0 Å².